The summed E-state index contributed by atoms with van der Waals surface area (Å²) in [5, 5.41) is 0. The van der Waals surface area contributed by atoms with Crippen molar-refractivity contribution in [1.29, 1.82) is 0 Å². The van der Waals surface area contributed by atoms with Crippen LogP contribution in [0, 0.1) is 19.9 Å². The van der Waals surface area contributed by atoms with Gasteiger partial charge < -0.3 is 0 Å². The second-order valence-corrected chi connectivity index (χ2v) is 2.33. The molecule has 1 aromatic rings. The molecule has 0 saturated carbocycles. The number of aryl methyl sites for hydroxylation is 2. The maximum atomic E-state index is 12.0. The first-order valence-corrected chi connectivity index (χ1v) is 3.21. The van der Waals surface area contributed by atoms with Gasteiger partial charge in [0.25, 0.3) is 0 Å². The minimum Gasteiger partial charge on any atom is -0.238 e. The normalized spacial score (nSPS) is 11.8. The summed E-state index contributed by atoms with van der Waals surface area (Å²) in [6.45, 7) is 2.86. The number of rotatable bonds is 0. The molecule has 65 valence electrons. The fourth-order valence-corrected chi connectivity index (χ4v) is 0.791. The molecule has 2 nitrogen and oxygen atoms in total. The Morgan fingerprint density at radius 2 is 1.75 bits per heavy atom. The van der Waals surface area contributed by atoms with Gasteiger partial charge in [0, 0.05) is 11.8 Å². The summed E-state index contributed by atoms with van der Waals surface area (Å²) in [6, 6.07) is 2.04. The summed E-state index contributed by atoms with van der Waals surface area (Å²) in [7, 11) is 0. The number of alkyl halides is 3. The minimum atomic E-state index is -4.43. The van der Waals surface area contributed by atoms with Crippen LogP contribution < -0.4 is 0 Å². The average Bonchev–Trinajstić information content (AvgIpc) is 1.82. The minimum absolute atomic E-state index is 0.110. The average molecular weight is 175 g/mol. The Morgan fingerprint density at radius 3 is 2.17 bits per heavy atom. The molecule has 0 aliphatic carbocycles. The zero-order valence-electron chi connectivity index (χ0n) is 6.53. The number of hydrogen-bond donors (Lipinski definition) is 0. The summed E-state index contributed by atoms with van der Waals surface area (Å²) in [5.74, 6) is 0.110. The SMILES string of the molecule is Cc1[c]c(C(F)(F)F)nc(C)n1. The van der Waals surface area contributed by atoms with Gasteiger partial charge in [-0.25, -0.2) is 9.97 Å². The molecule has 0 aromatic carbocycles. The number of hydrogen-bond acceptors (Lipinski definition) is 2. The van der Waals surface area contributed by atoms with Gasteiger partial charge in [-0.3, -0.25) is 0 Å². The van der Waals surface area contributed by atoms with Crippen LogP contribution in [-0.2, 0) is 6.18 Å². The Bertz CT molecular complexity index is 273. The fourth-order valence-electron chi connectivity index (χ4n) is 0.791. The van der Waals surface area contributed by atoms with E-state index in [2.05, 4.69) is 9.97 Å². The molecule has 0 fully saturated rings. The van der Waals surface area contributed by atoms with Crippen molar-refractivity contribution in [3.63, 3.8) is 0 Å². The molecule has 0 spiro atoms. The Balaban J connectivity index is 3.18. The van der Waals surface area contributed by atoms with Crippen LogP contribution in [0.4, 0.5) is 13.2 Å². The monoisotopic (exact) mass is 175 g/mol. The van der Waals surface area contributed by atoms with Crippen LogP contribution in [-0.4, -0.2) is 9.97 Å². The van der Waals surface area contributed by atoms with E-state index < -0.39 is 11.9 Å². The third-order valence-corrected chi connectivity index (χ3v) is 1.17. The largest absolute Gasteiger partial charge is 0.434 e. The highest BCUT2D eigenvalue weighted by molar-refractivity contribution is 5.10. The van der Waals surface area contributed by atoms with Crippen molar-refractivity contribution < 1.29 is 13.2 Å². The van der Waals surface area contributed by atoms with Crippen molar-refractivity contribution in [2.75, 3.05) is 0 Å². The van der Waals surface area contributed by atoms with E-state index >= 15 is 0 Å². The van der Waals surface area contributed by atoms with Gasteiger partial charge in [0.05, 0.1) is 0 Å². The Hall–Kier alpha value is -1.13. The van der Waals surface area contributed by atoms with Crippen LogP contribution in [0.2, 0.25) is 0 Å². The summed E-state index contributed by atoms with van der Waals surface area (Å²) >= 11 is 0. The van der Waals surface area contributed by atoms with Crippen LogP contribution in [0.5, 0.6) is 0 Å². The van der Waals surface area contributed by atoms with Gasteiger partial charge in [0.1, 0.15) is 5.82 Å². The third-order valence-electron chi connectivity index (χ3n) is 1.17. The van der Waals surface area contributed by atoms with Crippen molar-refractivity contribution in [3.05, 3.63) is 23.3 Å². The van der Waals surface area contributed by atoms with Crippen LogP contribution in [0.1, 0.15) is 17.2 Å². The van der Waals surface area contributed by atoms with E-state index in [-0.39, 0.29) is 11.5 Å². The standard InChI is InChI=1S/C7H6F3N2/c1-4-3-6(7(8,9)10)12-5(2)11-4/h1-2H3. The van der Waals surface area contributed by atoms with E-state index in [1.807, 2.05) is 6.07 Å². The maximum Gasteiger partial charge on any atom is 0.434 e. The Morgan fingerprint density at radius 1 is 1.17 bits per heavy atom. The molecule has 5 heteroatoms. The lowest BCUT2D eigenvalue weighted by Crippen LogP contribution is -2.10. The topological polar surface area (TPSA) is 25.8 Å². The van der Waals surface area contributed by atoms with E-state index in [1.54, 1.807) is 0 Å². The Kier molecular flexibility index (Phi) is 2.04. The van der Waals surface area contributed by atoms with E-state index in [1.165, 1.54) is 13.8 Å². The summed E-state index contributed by atoms with van der Waals surface area (Å²) in [5.41, 5.74) is -0.803. The number of nitrogens with zero attached hydrogens (tertiary/aromatic N) is 2. The molecule has 12 heavy (non-hydrogen) atoms. The molecule has 0 atom stereocenters. The molecule has 1 radical (unpaired) electrons. The number of halogens is 3. The molecule has 0 N–H and O–H groups in total. The molecule has 1 aromatic heterocycles. The zero-order valence-corrected chi connectivity index (χ0v) is 6.53. The van der Waals surface area contributed by atoms with Gasteiger partial charge in [-0.1, -0.05) is 0 Å². The molecule has 0 saturated heterocycles. The summed E-state index contributed by atoms with van der Waals surface area (Å²) in [6.07, 6.45) is -4.43. The van der Waals surface area contributed by atoms with Crippen LogP contribution >= 0.6 is 0 Å². The fraction of sp³-hybridized carbons (Fsp3) is 0.429. The molecule has 0 amide bonds. The predicted molar refractivity (Wildman–Crippen MR) is 35.3 cm³/mol. The molecular formula is C7H6F3N2. The van der Waals surface area contributed by atoms with Gasteiger partial charge in [-0.05, 0) is 13.8 Å². The summed E-state index contributed by atoms with van der Waals surface area (Å²) in [4.78, 5) is 6.89. The predicted octanol–water partition coefficient (Wildman–Crippen LogP) is 1.91. The first kappa shape index (κ1) is 8.96. The molecular weight excluding hydrogens is 169 g/mol. The third kappa shape index (κ3) is 1.93. The van der Waals surface area contributed by atoms with Crippen molar-refractivity contribution in [1.82, 2.24) is 9.97 Å². The number of aromatic nitrogens is 2. The Labute approximate surface area is 67.5 Å². The molecule has 0 unspecified atom stereocenters. The van der Waals surface area contributed by atoms with Crippen LogP contribution in [0.25, 0.3) is 0 Å². The van der Waals surface area contributed by atoms with Crippen molar-refractivity contribution >= 4 is 0 Å². The van der Waals surface area contributed by atoms with E-state index in [0.29, 0.717) is 0 Å². The molecule has 1 rings (SSSR count). The van der Waals surface area contributed by atoms with E-state index in [9.17, 15) is 13.2 Å². The lowest BCUT2D eigenvalue weighted by molar-refractivity contribution is -0.141. The highest BCUT2D eigenvalue weighted by Gasteiger charge is 2.33. The first-order chi connectivity index (χ1) is 5.39. The van der Waals surface area contributed by atoms with Gasteiger partial charge in [-0.15, -0.1) is 0 Å². The molecule has 0 bridgehead atoms. The van der Waals surface area contributed by atoms with Crippen molar-refractivity contribution in [3.8, 4) is 0 Å². The molecule has 1 heterocycles. The molecule has 0 aliphatic rings. The van der Waals surface area contributed by atoms with Crippen LogP contribution in [0.3, 0.4) is 0 Å². The summed E-state index contributed by atoms with van der Waals surface area (Å²) < 4.78 is 36.1. The lowest BCUT2D eigenvalue weighted by atomic mass is 10.3. The highest BCUT2D eigenvalue weighted by Crippen LogP contribution is 2.27. The zero-order chi connectivity index (χ0) is 9.35. The van der Waals surface area contributed by atoms with E-state index in [4.69, 9.17) is 0 Å². The second kappa shape index (κ2) is 2.73. The van der Waals surface area contributed by atoms with Gasteiger partial charge >= 0.3 is 6.18 Å². The van der Waals surface area contributed by atoms with Gasteiger partial charge in [-0.2, -0.15) is 13.2 Å². The quantitative estimate of drug-likeness (QED) is 0.601. The highest BCUT2D eigenvalue weighted by atomic mass is 19.4. The van der Waals surface area contributed by atoms with Crippen molar-refractivity contribution in [2.45, 2.75) is 20.0 Å². The van der Waals surface area contributed by atoms with Crippen LogP contribution in [0.15, 0.2) is 0 Å². The van der Waals surface area contributed by atoms with Gasteiger partial charge in [0.2, 0.25) is 0 Å². The smallest absolute Gasteiger partial charge is 0.238 e. The first-order valence-electron chi connectivity index (χ1n) is 3.21. The van der Waals surface area contributed by atoms with Crippen molar-refractivity contribution in [2.24, 2.45) is 0 Å². The maximum absolute atomic E-state index is 12.0. The van der Waals surface area contributed by atoms with E-state index in [0.717, 1.165) is 0 Å². The van der Waals surface area contributed by atoms with Gasteiger partial charge in [0.15, 0.2) is 5.69 Å². The molecule has 0 aliphatic heterocycles. The second-order valence-electron chi connectivity index (χ2n) is 2.33. The lowest BCUT2D eigenvalue weighted by Gasteiger charge is -2.05.